The number of hydrogen-bond donors (Lipinski definition) is 1. The van der Waals surface area contributed by atoms with Crippen molar-refractivity contribution in [3.05, 3.63) is 11.3 Å². The number of thiazole rings is 1. The minimum atomic E-state index is 0.693. The first-order valence-corrected chi connectivity index (χ1v) is 5.49. The van der Waals surface area contributed by atoms with Crippen LogP contribution in [0.15, 0.2) is 6.33 Å². The maximum atomic E-state index is 4.58. The van der Waals surface area contributed by atoms with Gasteiger partial charge in [-0.25, -0.2) is 15.0 Å². The van der Waals surface area contributed by atoms with Crippen LogP contribution in [0.4, 0.5) is 5.82 Å². The summed E-state index contributed by atoms with van der Waals surface area (Å²) in [7, 11) is 1.86. The summed E-state index contributed by atoms with van der Waals surface area (Å²) >= 11 is 1.70. The van der Waals surface area contributed by atoms with Gasteiger partial charge in [0.1, 0.15) is 16.7 Å². The third-order valence-corrected chi connectivity index (χ3v) is 3.50. The van der Waals surface area contributed by atoms with E-state index in [-0.39, 0.29) is 0 Å². The van der Waals surface area contributed by atoms with Crippen LogP contribution >= 0.6 is 11.3 Å². The molecule has 2 aromatic rings. The molecule has 0 radical (unpaired) electrons. The molecule has 2 aromatic heterocycles. The fourth-order valence-electron chi connectivity index (χ4n) is 1.46. The van der Waals surface area contributed by atoms with Crippen molar-refractivity contribution in [2.24, 2.45) is 0 Å². The molecule has 1 N–H and O–H groups in total. The van der Waals surface area contributed by atoms with Crippen molar-refractivity contribution < 1.29 is 0 Å². The lowest BCUT2D eigenvalue weighted by Gasteiger charge is -1.96. The predicted octanol–water partition coefficient (Wildman–Crippen LogP) is 2.01. The van der Waals surface area contributed by atoms with Gasteiger partial charge in [0.25, 0.3) is 0 Å². The summed E-state index contributed by atoms with van der Waals surface area (Å²) in [4.78, 5) is 13.9. The highest BCUT2D eigenvalue weighted by atomic mass is 32.1. The van der Waals surface area contributed by atoms with Crippen LogP contribution in [0.5, 0.6) is 0 Å². The molecule has 2 heterocycles. The van der Waals surface area contributed by atoms with Crippen LogP contribution in [-0.2, 0) is 0 Å². The van der Waals surface area contributed by atoms with Gasteiger partial charge in [-0.05, 0) is 12.8 Å². The SMILES string of the molecule is CNc1ncnc2sc(C3CC3)nc12. The first kappa shape index (κ1) is 8.11. The van der Waals surface area contributed by atoms with Gasteiger partial charge < -0.3 is 5.32 Å². The molecule has 1 fully saturated rings. The number of aromatic nitrogens is 3. The molecule has 72 valence electrons. The zero-order chi connectivity index (χ0) is 9.54. The van der Waals surface area contributed by atoms with Crippen molar-refractivity contribution in [2.45, 2.75) is 18.8 Å². The van der Waals surface area contributed by atoms with Crippen molar-refractivity contribution in [1.82, 2.24) is 15.0 Å². The van der Waals surface area contributed by atoms with E-state index in [0.29, 0.717) is 5.92 Å². The van der Waals surface area contributed by atoms with Crippen molar-refractivity contribution in [3.63, 3.8) is 0 Å². The quantitative estimate of drug-likeness (QED) is 0.816. The average molecular weight is 206 g/mol. The van der Waals surface area contributed by atoms with Crippen LogP contribution < -0.4 is 5.32 Å². The number of rotatable bonds is 2. The Hall–Kier alpha value is -1.23. The highest BCUT2D eigenvalue weighted by molar-refractivity contribution is 7.18. The van der Waals surface area contributed by atoms with E-state index < -0.39 is 0 Å². The summed E-state index contributed by atoms with van der Waals surface area (Å²) in [5, 5.41) is 4.26. The van der Waals surface area contributed by atoms with Gasteiger partial charge >= 0.3 is 0 Å². The first-order valence-electron chi connectivity index (χ1n) is 4.67. The summed E-state index contributed by atoms with van der Waals surface area (Å²) in [6.07, 6.45) is 4.15. The summed E-state index contributed by atoms with van der Waals surface area (Å²) in [5.74, 6) is 1.53. The maximum absolute atomic E-state index is 4.58. The molecular formula is C9H10N4S. The molecule has 0 amide bonds. The molecule has 0 spiro atoms. The molecule has 1 aliphatic carbocycles. The smallest absolute Gasteiger partial charge is 0.156 e. The highest BCUT2D eigenvalue weighted by Gasteiger charge is 2.27. The Morgan fingerprint density at radius 1 is 1.43 bits per heavy atom. The standard InChI is InChI=1S/C9H10N4S/c1-10-7-6-9(12-4-11-7)14-8(13-6)5-2-3-5/h4-5H,2-3H2,1H3,(H,10,11,12). The molecule has 1 saturated carbocycles. The first-order chi connectivity index (χ1) is 6.88. The molecule has 3 rings (SSSR count). The Kier molecular flexibility index (Phi) is 1.67. The molecule has 0 aromatic carbocycles. The van der Waals surface area contributed by atoms with E-state index in [4.69, 9.17) is 0 Å². The molecule has 0 atom stereocenters. The lowest BCUT2D eigenvalue weighted by molar-refractivity contribution is 1.09. The zero-order valence-electron chi connectivity index (χ0n) is 7.82. The second-order valence-electron chi connectivity index (χ2n) is 3.45. The Morgan fingerprint density at radius 3 is 3.00 bits per heavy atom. The van der Waals surface area contributed by atoms with Crippen molar-refractivity contribution in [2.75, 3.05) is 12.4 Å². The third-order valence-electron chi connectivity index (χ3n) is 2.38. The Bertz CT molecular complexity index is 475. The van der Waals surface area contributed by atoms with Gasteiger partial charge in [-0.1, -0.05) is 11.3 Å². The van der Waals surface area contributed by atoms with Crippen molar-refractivity contribution >= 4 is 27.5 Å². The van der Waals surface area contributed by atoms with E-state index >= 15 is 0 Å². The van der Waals surface area contributed by atoms with Crippen LogP contribution in [0.3, 0.4) is 0 Å². The molecule has 4 nitrogen and oxygen atoms in total. The van der Waals surface area contributed by atoms with Gasteiger partial charge in [0, 0.05) is 13.0 Å². The summed E-state index contributed by atoms with van der Waals surface area (Å²) in [6.45, 7) is 0. The molecule has 0 bridgehead atoms. The molecule has 1 aliphatic rings. The van der Waals surface area contributed by atoms with Crippen LogP contribution in [0.2, 0.25) is 0 Å². The average Bonchev–Trinajstić information content (AvgIpc) is 2.97. The number of anilines is 1. The zero-order valence-corrected chi connectivity index (χ0v) is 8.64. The number of nitrogens with zero attached hydrogens (tertiary/aromatic N) is 3. The monoisotopic (exact) mass is 206 g/mol. The topological polar surface area (TPSA) is 50.7 Å². The summed E-state index contributed by atoms with van der Waals surface area (Å²) in [5.41, 5.74) is 0.918. The van der Waals surface area contributed by atoms with Crippen molar-refractivity contribution in [3.8, 4) is 0 Å². The van der Waals surface area contributed by atoms with Gasteiger partial charge in [-0.3, -0.25) is 0 Å². The van der Waals surface area contributed by atoms with Gasteiger partial charge in [-0.15, -0.1) is 0 Å². The molecule has 0 saturated heterocycles. The molecule has 5 heteroatoms. The number of fused-ring (bicyclic) bond motifs is 1. The van der Waals surface area contributed by atoms with Gasteiger partial charge in [0.15, 0.2) is 5.82 Å². The highest BCUT2D eigenvalue weighted by Crippen LogP contribution is 2.43. The van der Waals surface area contributed by atoms with E-state index in [9.17, 15) is 0 Å². The van der Waals surface area contributed by atoms with E-state index in [1.807, 2.05) is 7.05 Å². The lowest BCUT2D eigenvalue weighted by atomic mass is 10.4. The summed E-state index contributed by atoms with van der Waals surface area (Å²) < 4.78 is 0. The van der Waals surface area contributed by atoms with Crippen molar-refractivity contribution in [1.29, 1.82) is 0 Å². The largest absolute Gasteiger partial charge is 0.371 e. The van der Waals surface area contributed by atoms with Gasteiger partial charge in [-0.2, -0.15) is 0 Å². The normalized spacial score (nSPS) is 16.1. The fourth-order valence-corrected chi connectivity index (χ4v) is 2.53. The number of hydrogen-bond acceptors (Lipinski definition) is 5. The van der Waals surface area contributed by atoms with E-state index in [0.717, 1.165) is 16.2 Å². The summed E-state index contributed by atoms with van der Waals surface area (Å²) in [6, 6.07) is 0. The third kappa shape index (κ3) is 1.16. The Morgan fingerprint density at radius 2 is 2.29 bits per heavy atom. The van der Waals surface area contributed by atoms with Crippen LogP contribution in [0, 0.1) is 0 Å². The van der Waals surface area contributed by atoms with Crippen LogP contribution in [0.25, 0.3) is 10.3 Å². The molecule has 0 unspecified atom stereocenters. The minimum Gasteiger partial charge on any atom is -0.371 e. The van der Waals surface area contributed by atoms with E-state index in [1.54, 1.807) is 17.7 Å². The van der Waals surface area contributed by atoms with Gasteiger partial charge in [0.2, 0.25) is 0 Å². The Labute approximate surface area is 85.4 Å². The number of nitrogens with one attached hydrogen (secondary N) is 1. The maximum Gasteiger partial charge on any atom is 0.156 e. The predicted molar refractivity (Wildman–Crippen MR) is 56.7 cm³/mol. The Balaban J connectivity index is 2.20. The van der Waals surface area contributed by atoms with Gasteiger partial charge in [0.05, 0.1) is 5.01 Å². The second kappa shape index (κ2) is 2.88. The fraction of sp³-hybridized carbons (Fsp3) is 0.444. The van der Waals surface area contributed by atoms with Crippen LogP contribution in [0.1, 0.15) is 23.8 Å². The molecule has 14 heavy (non-hydrogen) atoms. The van der Waals surface area contributed by atoms with Crippen LogP contribution in [-0.4, -0.2) is 22.0 Å². The second-order valence-corrected chi connectivity index (χ2v) is 4.46. The lowest BCUT2D eigenvalue weighted by Crippen LogP contribution is -1.93. The van der Waals surface area contributed by atoms with E-state index in [1.165, 1.54) is 17.8 Å². The molecule has 0 aliphatic heterocycles. The molecular weight excluding hydrogens is 196 g/mol. The minimum absolute atomic E-state index is 0.693. The van der Waals surface area contributed by atoms with E-state index in [2.05, 4.69) is 20.3 Å².